The number of aryl methyl sites for hydroxylation is 2. The molecule has 0 unspecified atom stereocenters. The van der Waals surface area contributed by atoms with Gasteiger partial charge < -0.3 is 11.6 Å². The molecule has 0 aliphatic heterocycles. The summed E-state index contributed by atoms with van der Waals surface area (Å²) in [6.07, 6.45) is 1.76. The fourth-order valence-corrected chi connectivity index (χ4v) is 1.58. The number of aliphatic imine (C=N–C) groups is 1. The van der Waals surface area contributed by atoms with Crippen LogP contribution in [0.5, 0.6) is 0 Å². The van der Waals surface area contributed by atoms with Gasteiger partial charge in [-0.25, -0.2) is 4.99 Å². The Morgan fingerprint density at radius 3 is 2.41 bits per heavy atom. The molecule has 4 nitrogen and oxygen atoms in total. The first-order valence-electron chi connectivity index (χ1n) is 5.29. The van der Waals surface area contributed by atoms with Crippen molar-refractivity contribution in [1.82, 2.24) is 0 Å². The molecule has 0 spiro atoms. The van der Waals surface area contributed by atoms with Crippen LogP contribution < -0.4 is 11.6 Å². The lowest BCUT2D eigenvalue weighted by atomic mass is 9.99. The number of nitrogens with two attached hydrogens (primary N) is 2. The number of hydrazone groups is 1. The van der Waals surface area contributed by atoms with Gasteiger partial charge >= 0.3 is 0 Å². The number of anilines is 1. The molecule has 0 amide bonds. The summed E-state index contributed by atoms with van der Waals surface area (Å²) < 4.78 is 0. The fraction of sp³-hybridized carbons (Fsp3) is 0.231. The number of nitrogens with zero attached hydrogens (tertiary/aromatic N) is 2. The summed E-state index contributed by atoms with van der Waals surface area (Å²) in [7, 11) is 0. The maximum atomic E-state index is 5.99. The van der Waals surface area contributed by atoms with Gasteiger partial charge in [0.15, 0.2) is 5.84 Å². The molecule has 0 aromatic heterocycles. The molecule has 1 aromatic carbocycles. The van der Waals surface area contributed by atoms with Crippen molar-refractivity contribution in [1.29, 1.82) is 0 Å². The van der Waals surface area contributed by atoms with Crippen LogP contribution in [0.4, 0.5) is 5.69 Å². The number of allylic oxidation sites excluding steroid dienone is 1. The maximum absolute atomic E-state index is 5.99. The molecule has 4 heteroatoms. The van der Waals surface area contributed by atoms with E-state index in [1.165, 1.54) is 11.1 Å². The Morgan fingerprint density at radius 1 is 1.29 bits per heavy atom. The zero-order chi connectivity index (χ0) is 13.0. The van der Waals surface area contributed by atoms with E-state index in [2.05, 4.69) is 23.7 Å². The molecule has 0 saturated carbocycles. The first-order chi connectivity index (χ1) is 7.99. The number of hydrogen-bond donors (Lipinski definition) is 2. The van der Waals surface area contributed by atoms with Gasteiger partial charge in [0.05, 0.1) is 0 Å². The largest absolute Gasteiger partial charge is 0.398 e. The normalized spacial score (nSPS) is 12.6. The van der Waals surface area contributed by atoms with Gasteiger partial charge in [-0.15, -0.1) is 0 Å². The number of hydrogen-bond acceptors (Lipinski definition) is 3. The van der Waals surface area contributed by atoms with E-state index in [4.69, 9.17) is 11.6 Å². The molecule has 0 fully saturated rings. The van der Waals surface area contributed by atoms with Crippen LogP contribution in [0, 0.1) is 13.8 Å². The van der Waals surface area contributed by atoms with Crippen molar-refractivity contribution >= 4 is 23.8 Å². The van der Waals surface area contributed by atoms with Crippen LogP contribution in [0.25, 0.3) is 5.57 Å². The molecule has 1 rings (SSSR count). The summed E-state index contributed by atoms with van der Waals surface area (Å²) >= 11 is 0. The topological polar surface area (TPSA) is 76.8 Å². The van der Waals surface area contributed by atoms with E-state index in [1.807, 2.05) is 26.0 Å². The summed E-state index contributed by atoms with van der Waals surface area (Å²) in [5, 5.41) is 3.51. The lowest BCUT2D eigenvalue weighted by molar-refractivity contribution is 1.24. The average Bonchev–Trinajstić information content (AvgIpc) is 2.30. The van der Waals surface area contributed by atoms with Gasteiger partial charge in [-0.05, 0) is 62.4 Å². The number of benzene rings is 1. The van der Waals surface area contributed by atoms with Crippen LogP contribution >= 0.6 is 0 Å². The number of nitrogen functional groups attached to an aromatic ring is 1. The Morgan fingerprint density at radius 2 is 1.88 bits per heavy atom. The Kier molecular flexibility index (Phi) is 4.04. The maximum Gasteiger partial charge on any atom is 0.171 e. The summed E-state index contributed by atoms with van der Waals surface area (Å²) in [5.74, 6) is 5.57. The van der Waals surface area contributed by atoms with E-state index in [-0.39, 0.29) is 0 Å². The van der Waals surface area contributed by atoms with Crippen molar-refractivity contribution in [3.8, 4) is 0 Å². The van der Waals surface area contributed by atoms with Crippen LogP contribution in [0.1, 0.15) is 23.6 Å². The Bertz CT molecular complexity index is 498. The van der Waals surface area contributed by atoms with Crippen molar-refractivity contribution < 1.29 is 0 Å². The zero-order valence-corrected chi connectivity index (χ0v) is 10.5. The lowest BCUT2D eigenvalue weighted by Gasteiger charge is -2.10. The highest BCUT2D eigenvalue weighted by Gasteiger charge is 2.05. The molecule has 0 aliphatic rings. The number of rotatable bonds is 2. The standard InChI is InChI=1S/C13H18N4/c1-8-5-11(12(14)6-9(8)2)10(3)7-13(16-4)17-15/h5-7H,4,14-15H2,1-3H3/b10-7+,17-13+. The van der Waals surface area contributed by atoms with Gasteiger partial charge in [-0.3, -0.25) is 0 Å². The van der Waals surface area contributed by atoms with E-state index in [1.54, 1.807) is 6.08 Å². The molecule has 0 heterocycles. The second-order valence-corrected chi connectivity index (χ2v) is 4.00. The number of amidine groups is 1. The third kappa shape index (κ3) is 2.93. The van der Waals surface area contributed by atoms with Crippen molar-refractivity contribution in [3.63, 3.8) is 0 Å². The van der Waals surface area contributed by atoms with E-state index < -0.39 is 0 Å². The Balaban J connectivity index is 3.25. The van der Waals surface area contributed by atoms with Gasteiger partial charge in [-0.1, -0.05) is 0 Å². The van der Waals surface area contributed by atoms with Gasteiger partial charge in [0.2, 0.25) is 0 Å². The van der Waals surface area contributed by atoms with Gasteiger partial charge in [0.25, 0.3) is 0 Å². The van der Waals surface area contributed by atoms with E-state index in [9.17, 15) is 0 Å². The van der Waals surface area contributed by atoms with E-state index >= 15 is 0 Å². The minimum Gasteiger partial charge on any atom is -0.398 e. The van der Waals surface area contributed by atoms with Crippen LogP contribution in [0.15, 0.2) is 28.3 Å². The second-order valence-electron chi connectivity index (χ2n) is 4.00. The quantitative estimate of drug-likeness (QED) is 0.269. The van der Waals surface area contributed by atoms with Crippen molar-refractivity contribution in [2.75, 3.05) is 5.73 Å². The van der Waals surface area contributed by atoms with Crippen molar-refractivity contribution in [3.05, 3.63) is 34.9 Å². The van der Waals surface area contributed by atoms with Gasteiger partial charge in [0.1, 0.15) is 0 Å². The van der Waals surface area contributed by atoms with Crippen LogP contribution in [0.2, 0.25) is 0 Å². The molecule has 0 saturated heterocycles. The molecule has 4 N–H and O–H groups in total. The SMILES string of the molecule is C=NC(/C=C(\C)c1cc(C)c(C)cc1N)=N/N. The predicted molar refractivity (Wildman–Crippen MR) is 75.2 cm³/mol. The first kappa shape index (κ1) is 13.0. The van der Waals surface area contributed by atoms with Crippen molar-refractivity contribution in [2.45, 2.75) is 20.8 Å². The molecular formula is C13H18N4. The molecule has 90 valence electrons. The van der Waals surface area contributed by atoms with Crippen molar-refractivity contribution in [2.24, 2.45) is 15.9 Å². The molecule has 1 aromatic rings. The van der Waals surface area contributed by atoms with Gasteiger partial charge in [-0.2, -0.15) is 5.10 Å². The molecular weight excluding hydrogens is 212 g/mol. The minimum atomic E-state index is 0.389. The third-order valence-corrected chi connectivity index (χ3v) is 2.73. The minimum absolute atomic E-state index is 0.389. The van der Waals surface area contributed by atoms with Crippen LogP contribution in [-0.2, 0) is 0 Å². The summed E-state index contributed by atoms with van der Waals surface area (Å²) in [4.78, 5) is 3.70. The van der Waals surface area contributed by atoms with E-state index in [0.717, 1.165) is 16.8 Å². The Hall–Kier alpha value is -2.10. The highest BCUT2D eigenvalue weighted by atomic mass is 15.2. The highest BCUT2D eigenvalue weighted by Crippen LogP contribution is 2.24. The fourth-order valence-electron chi connectivity index (χ4n) is 1.58. The van der Waals surface area contributed by atoms with E-state index in [0.29, 0.717) is 5.84 Å². The second kappa shape index (κ2) is 5.30. The summed E-state index contributed by atoms with van der Waals surface area (Å²) in [6, 6.07) is 4.01. The van der Waals surface area contributed by atoms with Crippen LogP contribution in [-0.4, -0.2) is 12.6 Å². The van der Waals surface area contributed by atoms with Gasteiger partial charge in [0, 0.05) is 11.3 Å². The molecule has 0 radical (unpaired) electrons. The first-order valence-corrected chi connectivity index (χ1v) is 5.29. The highest BCUT2D eigenvalue weighted by molar-refractivity contribution is 6.01. The summed E-state index contributed by atoms with van der Waals surface area (Å²) in [6.45, 7) is 9.42. The molecule has 0 bridgehead atoms. The third-order valence-electron chi connectivity index (χ3n) is 2.73. The Labute approximate surface area is 102 Å². The zero-order valence-electron chi connectivity index (χ0n) is 10.5. The molecule has 0 atom stereocenters. The lowest BCUT2D eigenvalue weighted by Crippen LogP contribution is -1.98. The average molecular weight is 230 g/mol. The monoisotopic (exact) mass is 230 g/mol. The molecule has 0 aliphatic carbocycles. The smallest absolute Gasteiger partial charge is 0.171 e. The predicted octanol–water partition coefficient (Wildman–Crippen LogP) is 2.26. The van der Waals surface area contributed by atoms with Crippen LogP contribution in [0.3, 0.4) is 0 Å². The molecule has 17 heavy (non-hydrogen) atoms. The summed E-state index contributed by atoms with van der Waals surface area (Å²) in [5.41, 5.74) is 11.0.